The summed E-state index contributed by atoms with van der Waals surface area (Å²) in [6.07, 6.45) is 2.07. The molecule has 0 aliphatic heterocycles. The van der Waals surface area contributed by atoms with Crippen molar-refractivity contribution >= 4 is 0 Å². The Morgan fingerprint density at radius 3 is 2.12 bits per heavy atom. The molecule has 0 radical (unpaired) electrons. The first-order valence-electron chi connectivity index (χ1n) is 5.60. The molecule has 0 N–H and O–H groups in total. The SMILES string of the molecule is CCc1cc(CC)cc(-c2nnnn2C)c1. The van der Waals surface area contributed by atoms with E-state index in [1.165, 1.54) is 11.1 Å². The van der Waals surface area contributed by atoms with Crippen LogP contribution in [0.15, 0.2) is 18.2 Å². The standard InChI is InChI=1S/C12H16N4/c1-4-9-6-10(5-2)8-11(7-9)12-13-14-15-16(12)3/h6-8H,4-5H2,1-3H3. The van der Waals surface area contributed by atoms with Gasteiger partial charge in [0.15, 0.2) is 5.82 Å². The van der Waals surface area contributed by atoms with Gasteiger partial charge in [-0.1, -0.05) is 19.9 Å². The van der Waals surface area contributed by atoms with E-state index in [9.17, 15) is 0 Å². The molecule has 0 aliphatic carbocycles. The molecule has 0 saturated carbocycles. The van der Waals surface area contributed by atoms with Crippen LogP contribution in [-0.2, 0) is 19.9 Å². The summed E-state index contributed by atoms with van der Waals surface area (Å²) < 4.78 is 1.70. The van der Waals surface area contributed by atoms with E-state index in [-0.39, 0.29) is 0 Å². The second kappa shape index (κ2) is 4.43. The molecule has 0 spiro atoms. The van der Waals surface area contributed by atoms with Crippen molar-refractivity contribution < 1.29 is 0 Å². The minimum atomic E-state index is 0.824. The van der Waals surface area contributed by atoms with Crippen molar-refractivity contribution in [3.05, 3.63) is 29.3 Å². The number of aromatic nitrogens is 4. The Morgan fingerprint density at radius 1 is 1.06 bits per heavy atom. The smallest absolute Gasteiger partial charge is 0.181 e. The van der Waals surface area contributed by atoms with Crippen LogP contribution < -0.4 is 0 Å². The Balaban J connectivity index is 2.52. The first-order valence-corrected chi connectivity index (χ1v) is 5.60. The molecule has 2 aromatic rings. The lowest BCUT2D eigenvalue weighted by molar-refractivity contribution is 0.714. The van der Waals surface area contributed by atoms with Crippen LogP contribution in [0.4, 0.5) is 0 Å². The fraction of sp³-hybridized carbons (Fsp3) is 0.417. The van der Waals surface area contributed by atoms with E-state index in [0.29, 0.717) is 0 Å². The van der Waals surface area contributed by atoms with E-state index < -0.39 is 0 Å². The van der Waals surface area contributed by atoms with Gasteiger partial charge in [-0.3, -0.25) is 0 Å². The third-order valence-electron chi connectivity index (χ3n) is 2.75. The van der Waals surface area contributed by atoms with Crippen LogP contribution in [0.5, 0.6) is 0 Å². The summed E-state index contributed by atoms with van der Waals surface area (Å²) in [7, 11) is 1.86. The lowest BCUT2D eigenvalue weighted by Gasteiger charge is -2.06. The number of tetrazole rings is 1. The van der Waals surface area contributed by atoms with Crippen LogP contribution in [-0.4, -0.2) is 20.2 Å². The van der Waals surface area contributed by atoms with Gasteiger partial charge >= 0.3 is 0 Å². The van der Waals surface area contributed by atoms with Gasteiger partial charge in [-0.25, -0.2) is 4.68 Å². The van der Waals surface area contributed by atoms with Crippen molar-refractivity contribution in [3.8, 4) is 11.4 Å². The lowest BCUT2D eigenvalue weighted by atomic mass is 10.0. The molecule has 4 nitrogen and oxygen atoms in total. The molecule has 0 amide bonds. The zero-order chi connectivity index (χ0) is 11.5. The molecular formula is C12H16N4. The first-order chi connectivity index (χ1) is 7.74. The third-order valence-corrected chi connectivity index (χ3v) is 2.75. The molecule has 1 heterocycles. The maximum atomic E-state index is 4.04. The van der Waals surface area contributed by atoms with Gasteiger partial charge in [-0.15, -0.1) is 5.10 Å². The van der Waals surface area contributed by atoms with Gasteiger partial charge < -0.3 is 0 Å². The highest BCUT2D eigenvalue weighted by Crippen LogP contribution is 2.20. The summed E-state index contributed by atoms with van der Waals surface area (Å²) in [6.45, 7) is 4.32. The average molecular weight is 216 g/mol. The molecule has 0 fully saturated rings. The van der Waals surface area contributed by atoms with E-state index in [4.69, 9.17) is 0 Å². The van der Waals surface area contributed by atoms with E-state index in [2.05, 4.69) is 47.6 Å². The largest absolute Gasteiger partial charge is 0.229 e. The Kier molecular flexibility index (Phi) is 2.99. The van der Waals surface area contributed by atoms with Crippen LogP contribution in [0.3, 0.4) is 0 Å². The summed E-state index contributed by atoms with van der Waals surface area (Å²) in [5, 5.41) is 11.6. The molecule has 2 rings (SSSR count). The monoisotopic (exact) mass is 216 g/mol. The normalized spacial score (nSPS) is 10.7. The predicted molar refractivity (Wildman–Crippen MR) is 63.0 cm³/mol. The minimum Gasteiger partial charge on any atom is -0.229 e. The number of rotatable bonds is 3. The second-order valence-corrected chi connectivity index (χ2v) is 3.87. The summed E-state index contributed by atoms with van der Waals surface area (Å²) in [4.78, 5) is 0. The van der Waals surface area contributed by atoms with Crippen LogP contribution in [0.1, 0.15) is 25.0 Å². The maximum absolute atomic E-state index is 4.04. The zero-order valence-corrected chi connectivity index (χ0v) is 9.94. The number of nitrogens with zero attached hydrogens (tertiary/aromatic N) is 4. The van der Waals surface area contributed by atoms with Crippen molar-refractivity contribution in [3.63, 3.8) is 0 Å². The van der Waals surface area contributed by atoms with Gasteiger partial charge in [0.1, 0.15) is 0 Å². The molecule has 16 heavy (non-hydrogen) atoms. The molecule has 0 saturated heterocycles. The highest BCUT2D eigenvalue weighted by Gasteiger charge is 2.07. The van der Waals surface area contributed by atoms with E-state index in [1.807, 2.05) is 7.05 Å². The minimum absolute atomic E-state index is 0.824. The number of hydrogen-bond acceptors (Lipinski definition) is 3. The highest BCUT2D eigenvalue weighted by molar-refractivity contribution is 5.57. The van der Waals surface area contributed by atoms with Gasteiger partial charge in [0.25, 0.3) is 0 Å². The second-order valence-electron chi connectivity index (χ2n) is 3.87. The van der Waals surface area contributed by atoms with Gasteiger partial charge in [0.05, 0.1) is 0 Å². The van der Waals surface area contributed by atoms with Gasteiger partial charge in [0.2, 0.25) is 0 Å². The Hall–Kier alpha value is -1.71. The van der Waals surface area contributed by atoms with Crippen molar-refractivity contribution in [2.24, 2.45) is 7.05 Å². The summed E-state index contributed by atoms with van der Waals surface area (Å²) in [5.74, 6) is 0.824. The van der Waals surface area contributed by atoms with Crippen LogP contribution in [0, 0.1) is 0 Å². The molecule has 1 aromatic heterocycles. The Bertz CT molecular complexity index is 465. The van der Waals surface area contributed by atoms with Gasteiger partial charge in [-0.05, 0) is 46.5 Å². The molecule has 0 atom stereocenters. The molecule has 1 aromatic carbocycles. The maximum Gasteiger partial charge on any atom is 0.181 e. The third kappa shape index (κ3) is 1.96. The van der Waals surface area contributed by atoms with Crippen molar-refractivity contribution in [1.29, 1.82) is 0 Å². The fourth-order valence-corrected chi connectivity index (χ4v) is 1.77. The molecule has 0 aliphatic rings. The van der Waals surface area contributed by atoms with E-state index in [0.717, 1.165) is 24.2 Å². The van der Waals surface area contributed by atoms with Crippen molar-refractivity contribution in [2.45, 2.75) is 26.7 Å². The Labute approximate surface area is 95.3 Å². The Morgan fingerprint density at radius 2 is 1.69 bits per heavy atom. The molecule has 0 bridgehead atoms. The zero-order valence-electron chi connectivity index (χ0n) is 9.94. The van der Waals surface area contributed by atoms with Crippen LogP contribution in [0.2, 0.25) is 0 Å². The molecule has 0 unspecified atom stereocenters. The van der Waals surface area contributed by atoms with E-state index >= 15 is 0 Å². The van der Waals surface area contributed by atoms with Gasteiger partial charge in [0, 0.05) is 12.6 Å². The first kappa shape index (κ1) is 10.8. The summed E-state index contributed by atoms with van der Waals surface area (Å²) in [5.41, 5.74) is 3.76. The number of aryl methyl sites for hydroxylation is 3. The molecule has 4 heteroatoms. The van der Waals surface area contributed by atoms with Crippen LogP contribution in [0.25, 0.3) is 11.4 Å². The topological polar surface area (TPSA) is 43.6 Å². The van der Waals surface area contributed by atoms with E-state index in [1.54, 1.807) is 4.68 Å². The van der Waals surface area contributed by atoms with Crippen molar-refractivity contribution in [1.82, 2.24) is 20.2 Å². The highest BCUT2D eigenvalue weighted by atomic mass is 15.5. The molecular weight excluding hydrogens is 200 g/mol. The predicted octanol–water partition coefficient (Wildman–Crippen LogP) is 2.00. The lowest BCUT2D eigenvalue weighted by Crippen LogP contribution is -1.96. The van der Waals surface area contributed by atoms with Gasteiger partial charge in [-0.2, -0.15) is 0 Å². The van der Waals surface area contributed by atoms with Crippen LogP contribution >= 0.6 is 0 Å². The quantitative estimate of drug-likeness (QED) is 0.788. The number of benzene rings is 1. The fourth-order valence-electron chi connectivity index (χ4n) is 1.77. The molecule has 84 valence electrons. The summed E-state index contributed by atoms with van der Waals surface area (Å²) in [6, 6.07) is 6.56. The summed E-state index contributed by atoms with van der Waals surface area (Å²) >= 11 is 0. The number of hydrogen-bond donors (Lipinski definition) is 0. The average Bonchev–Trinajstić information content (AvgIpc) is 2.74. The van der Waals surface area contributed by atoms with Crippen molar-refractivity contribution in [2.75, 3.05) is 0 Å².